The third-order valence-electron chi connectivity index (χ3n) is 3.38. The first kappa shape index (κ1) is 11.6. The molecule has 0 aromatic rings. The topological polar surface area (TPSA) is 60.4 Å². The summed E-state index contributed by atoms with van der Waals surface area (Å²) in [4.78, 5) is 11.8. The molecule has 2 rings (SSSR count). The van der Waals surface area contributed by atoms with Gasteiger partial charge in [0.1, 0.15) is 6.10 Å². The highest BCUT2D eigenvalue weighted by Gasteiger charge is 2.50. The van der Waals surface area contributed by atoms with Crippen molar-refractivity contribution in [2.24, 2.45) is 5.41 Å². The fourth-order valence-corrected chi connectivity index (χ4v) is 3.31. The standard InChI is InChI=1S/C11H16O4S/c1-11-6-4-3-5-8(11)9(15-10(11)12)7-16(2,13)14/h5,9H,3-4,6-7H2,1-2H3/t9?,11-/m0/s1. The van der Waals surface area contributed by atoms with Crippen molar-refractivity contribution >= 4 is 15.8 Å². The van der Waals surface area contributed by atoms with Crippen molar-refractivity contribution in [2.45, 2.75) is 32.3 Å². The smallest absolute Gasteiger partial charge is 0.316 e. The van der Waals surface area contributed by atoms with Crippen LogP contribution in [0.2, 0.25) is 0 Å². The number of fused-ring (bicyclic) bond motifs is 1. The van der Waals surface area contributed by atoms with Gasteiger partial charge in [0.2, 0.25) is 0 Å². The maximum atomic E-state index is 11.8. The quantitative estimate of drug-likeness (QED) is 0.538. The summed E-state index contributed by atoms with van der Waals surface area (Å²) in [5, 5.41) is 0. The number of hydrogen-bond donors (Lipinski definition) is 0. The first-order valence-electron chi connectivity index (χ1n) is 5.42. The Morgan fingerprint density at radius 1 is 1.56 bits per heavy atom. The molecule has 90 valence electrons. The number of esters is 1. The van der Waals surface area contributed by atoms with E-state index >= 15 is 0 Å². The summed E-state index contributed by atoms with van der Waals surface area (Å²) < 4.78 is 27.7. The molecule has 4 nitrogen and oxygen atoms in total. The number of cyclic esters (lactones) is 1. The molecular formula is C11H16O4S. The first-order chi connectivity index (χ1) is 7.33. The van der Waals surface area contributed by atoms with E-state index in [0.717, 1.165) is 24.8 Å². The van der Waals surface area contributed by atoms with Crippen LogP contribution in [0, 0.1) is 5.41 Å². The van der Waals surface area contributed by atoms with Crippen LogP contribution < -0.4 is 0 Å². The van der Waals surface area contributed by atoms with Crippen LogP contribution in [-0.4, -0.2) is 32.5 Å². The normalized spacial score (nSPS) is 34.2. The van der Waals surface area contributed by atoms with Gasteiger partial charge >= 0.3 is 5.97 Å². The van der Waals surface area contributed by atoms with E-state index in [0.29, 0.717) is 0 Å². The Kier molecular flexibility index (Phi) is 2.61. The summed E-state index contributed by atoms with van der Waals surface area (Å²) in [5.41, 5.74) is 0.294. The summed E-state index contributed by atoms with van der Waals surface area (Å²) >= 11 is 0. The van der Waals surface area contributed by atoms with Gasteiger partial charge in [0.15, 0.2) is 9.84 Å². The van der Waals surface area contributed by atoms with E-state index in [4.69, 9.17) is 4.74 Å². The third kappa shape index (κ3) is 1.88. The number of carbonyl (C=O) groups is 1. The number of ether oxygens (including phenoxy) is 1. The average Bonchev–Trinajstić information content (AvgIpc) is 2.37. The Balaban J connectivity index is 2.32. The molecule has 0 spiro atoms. The molecule has 0 amide bonds. The zero-order valence-electron chi connectivity index (χ0n) is 9.52. The second-order valence-electron chi connectivity index (χ2n) is 4.87. The molecule has 5 heteroatoms. The maximum Gasteiger partial charge on any atom is 0.316 e. The second kappa shape index (κ2) is 3.58. The summed E-state index contributed by atoms with van der Waals surface area (Å²) in [5.74, 6) is -0.368. The van der Waals surface area contributed by atoms with Crippen LogP contribution >= 0.6 is 0 Å². The lowest BCUT2D eigenvalue weighted by Gasteiger charge is -2.25. The van der Waals surface area contributed by atoms with E-state index in [1.807, 2.05) is 13.0 Å². The number of sulfone groups is 1. The zero-order valence-corrected chi connectivity index (χ0v) is 10.3. The average molecular weight is 244 g/mol. The van der Waals surface area contributed by atoms with E-state index in [-0.39, 0.29) is 11.7 Å². The minimum absolute atomic E-state index is 0.0971. The molecule has 2 aliphatic rings. The summed E-state index contributed by atoms with van der Waals surface area (Å²) in [6.07, 6.45) is 5.21. The number of rotatable bonds is 2. The van der Waals surface area contributed by atoms with Crippen LogP contribution in [0.25, 0.3) is 0 Å². The Labute approximate surface area is 95.6 Å². The van der Waals surface area contributed by atoms with Crippen LogP contribution in [-0.2, 0) is 19.4 Å². The fraction of sp³-hybridized carbons (Fsp3) is 0.727. The zero-order chi connectivity index (χ0) is 12.0. The van der Waals surface area contributed by atoms with Crippen molar-refractivity contribution in [3.05, 3.63) is 11.6 Å². The lowest BCUT2D eigenvalue weighted by atomic mass is 9.74. The summed E-state index contributed by atoms with van der Waals surface area (Å²) in [6.45, 7) is 1.85. The van der Waals surface area contributed by atoms with Crippen LogP contribution in [0.5, 0.6) is 0 Å². The van der Waals surface area contributed by atoms with E-state index < -0.39 is 21.4 Å². The van der Waals surface area contributed by atoms with E-state index in [9.17, 15) is 13.2 Å². The van der Waals surface area contributed by atoms with Gasteiger partial charge in [0.25, 0.3) is 0 Å². The van der Waals surface area contributed by atoms with E-state index in [2.05, 4.69) is 0 Å². The van der Waals surface area contributed by atoms with Gasteiger partial charge in [-0.1, -0.05) is 6.08 Å². The molecule has 16 heavy (non-hydrogen) atoms. The van der Waals surface area contributed by atoms with E-state index in [1.165, 1.54) is 6.26 Å². The second-order valence-corrected chi connectivity index (χ2v) is 7.06. The Hall–Kier alpha value is -0.840. The van der Waals surface area contributed by atoms with Crippen molar-refractivity contribution in [1.82, 2.24) is 0 Å². The van der Waals surface area contributed by atoms with Crippen LogP contribution in [0.1, 0.15) is 26.2 Å². The third-order valence-corrected chi connectivity index (χ3v) is 4.29. The molecule has 2 atom stereocenters. The SMILES string of the molecule is C[C@]12CCCC=C1C(CS(C)(=O)=O)OC2=O. The van der Waals surface area contributed by atoms with E-state index in [1.54, 1.807) is 0 Å². The van der Waals surface area contributed by atoms with Crippen molar-refractivity contribution in [3.8, 4) is 0 Å². The van der Waals surface area contributed by atoms with Crippen molar-refractivity contribution in [2.75, 3.05) is 12.0 Å². The maximum absolute atomic E-state index is 11.8. The van der Waals surface area contributed by atoms with Crippen molar-refractivity contribution < 1.29 is 17.9 Å². The van der Waals surface area contributed by atoms with Gasteiger partial charge in [-0.3, -0.25) is 4.79 Å². The van der Waals surface area contributed by atoms with Crippen LogP contribution in [0.3, 0.4) is 0 Å². The van der Waals surface area contributed by atoms with Crippen molar-refractivity contribution in [1.29, 1.82) is 0 Å². The predicted molar refractivity (Wildman–Crippen MR) is 59.6 cm³/mol. The molecule has 0 radical (unpaired) electrons. The molecule has 1 aliphatic heterocycles. The van der Waals surface area contributed by atoms with Crippen LogP contribution in [0.4, 0.5) is 0 Å². The molecular weight excluding hydrogens is 228 g/mol. The molecule has 1 heterocycles. The largest absolute Gasteiger partial charge is 0.456 e. The highest BCUT2D eigenvalue weighted by molar-refractivity contribution is 7.90. The van der Waals surface area contributed by atoms with Crippen LogP contribution in [0.15, 0.2) is 11.6 Å². The van der Waals surface area contributed by atoms with Gasteiger partial charge in [-0.2, -0.15) is 0 Å². The van der Waals surface area contributed by atoms with Gasteiger partial charge in [-0.25, -0.2) is 8.42 Å². The molecule has 1 aliphatic carbocycles. The lowest BCUT2D eigenvalue weighted by Crippen LogP contribution is -2.28. The minimum Gasteiger partial charge on any atom is -0.456 e. The Morgan fingerprint density at radius 2 is 2.25 bits per heavy atom. The molecule has 1 saturated heterocycles. The van der Waals surface area contributed by atoms with Gasteiger partial charge in [-0.15, -0.1) is 0 Å². The molecule has 0 bridgehead atoms. The highest BCUT2D eigenvalue weighted by atomic mass is 32.2. The Bertz CT molecular complexity index is 449. The first-order valence-corrected chi connectivity index (χ1v) is 7.48. The minimum atomic E-state index is -3.13. The predicted octanol–water partition coefficient (Wildman–Crippen LogP) is 1.07. The number of hydrogen-bond acceptors (Lipinski definition) is 4. The summed E-state index contributed by atoms with van der Waals surface area (Å²) in [7, 11) is -3.13. The molecule has 1 fully saturated rings. The van der Waals surface area contributed by atoms with Gasteiger partial charge in [0.05, 0.1) is 11.2 Å². The fourth-order valence-electron chi connectivity index (χ4n) is 2.51. The number of carbonyl (C=O) groups excluding carboxylic acids is 1. The monoisotopic (exact) mass is 244 g/mol. The molecule has 0 aromatic heterocycles. The Morgan fingerprint density at radius 3 is 2.88 bits per heavy atom. The van der Waals surface area contributed by atoms with Gasteiger partial charge in [-0.05, 0) is 31.8 Å². The van der Waals surface area contributed by atoms with Gasteiger partial charge < -0.3 is 4.74 Å². The molecule has 0 aromatic carbocycles. The highest BCUT2D eigenvalue weighted by Crippen LogP contribution is 2.46. The summed E-state index contributed by atoms with van der Waals surface area (Å²) in [6, 6.07) is 0. The molecule has 1 unspecified atom stereocenters. The van der Waals surface area contributed by atoms with Gasteiger partial charge in [0, 0.05) is 6.26 Å². The van der Waals surface area contributed by atoms with Crippen molar-refractivity contribution in [3.63, 3.8) is 0 Å². The lowest BCUT2D eigenvalue weighted by molar-refractivity contribution is -0.147. The molecule has 0 N–H and O–H groups in total. The molecule has 0 saturated carbocycles. The number of allylic oxidation sites excluding steroid dienone is 1.